The van der Waals surface area contributed by atoms with E-state index in [0.717, 1.165) is 17.7 Å². The SMILES string of the molecule is COc1ccccc1/C=C/C=C/C(=O)/C=C/C1=C(C)CCCC1(C)C. The van der Waals surface area contributed by atoms with Crippen LogP contribution < -0.4 is 4.74 Å². The fraction of sp³-hybridized carbons (Fsp3) is 0.348. The first-order chi connectivity index (χ1) is 11.9. The van der Waals surface area contributed by atoms with Crippen LogP contribution in [-0.4, -0.2) is 12.9 Å². The third-order valence-electron chi connectivity index (χ3n) is 4.74. The largest absolute Gasteiger partial charge is 0.496 e. The Bertz CT molecular complexity index is 730. The van der Waals surface area contributed by atoms with Crippen molar-refractivity contribution in [3.63, 3.8) is 0 Å². The second kappa shape index (κ2) is 8.66. The van der Waals surface area contributed by atoms with Crippen molar-refractivity contribution in [3.05, 3.63) is 71.4 Å². The van der Waals surface area contributed by atoms with E-state index in [1.54, 1.807) is 25.3 Å². The van der Waals surface area contributed by atoms with Crippen LogP contribution >= 0.6 is 0 Å². The van der Waals surface area contributed by atoms with Gasteiger partial charge in [-0.05, 0) is 55.4 Å². The van der Waals surface area contributed by atoms with Crippen molar-refractivity contribution in [2.75, 3.05) is 7.11 Å². The van der Waals surface area contributed by atoms with Crippen molar-refractivity contribution in [1.82, 2.24) is 0 Å². The van der Waals surface area contributed by atoms with E-state index in [-0.39, 0.29) is 11.2 Å². The molecule has 0 saturated carbocycles. The molecule has 2 heteroatoms. The molecule has 2 rings (SSSR count). The number of methoxy groups -OCH3 is 1. The highest BCUT2D eigenvalue weighted by Crippen LogP contribution is 2.40. The van der Waals surface area contributed by atoms with Gasteiger partial charge in [-0.25, -0.2) is 0 Å². The number of hydrogen-bond donors (Lipinski definition) is 0. The van der Waals surface area contributed by atoms with Gasteiger partial charge in [-0.3, -0.25) is 4.79 Å². The highest BCUT2D eigenvalue weighted by Gasteiger charge is 2.26. The van der Waals surface area contributed by atoms with E-state index >= 15 is 0 Å². The highest BCUT2D eigenvalue weighted by atomic mass is 16.5. The lowest BCUT2D eigenvalue weighted by Crippen LogP contribution is -2.19. The molecule has 0 spiro atoms. The zero-order chi connectivity index (χ0) is 18.3. The second-order valence-corrected chi connectivity index (χ2v) is 7.13. The molecule has 0 unspecified atom stereocenters. The third kappa shape index (κ3) is 5.32. The van der Waals surface area contributed by atoms with Gasteiger partial charge in [-0.15, -0.1) is 0 Å². The van der Waals surface area contributed by atoms with Crippen molar-refractivity contribution >= 4 is 11.9 Å². The van der Waals surface area contributed by atoms with Crippen LogP contribution in [0, 0.1) is 5.41 Å². The minimum atomic E-state index is 0.00588. The monoisotopic (exact) mass is 336 g/mol. The molecule has 0 N–H and O–H groups in total. The summed E-state index contributed by atoms with van der Waals surface area (Å²) in [5.74, 6) is 0.826. The van der Waals surface area contributed by atoms with Gasteiger partial charge in [0.05, 0.1) is 7.11 Å². The molecule has 132 valence electrons. The average molecular weight is 336 g/mol. The number of para-hydroxylation sites is 1. The molecule has 0 atom stereocenters. The lowest BCUT2D eigenvalue weighted by atomic mass is 9.72. The van der Waals surface area contributed by atoms with Crippen LogP contribution in [0.4, 0.5) is 0 Å². The van der Waals surface area contributed by atoms with Crippen LogP contribution in [-0.2, 0) is 4.79 Å². The predicted molar refractivity (Wildman–Crippen MR) is 106 cm³/mol. The van der Waals surface area contributed by atoms with Gasteiger partial charge in [0.1, 0.15) is 5.75 Å². The molecule has 0 aliphatic heterocycles. The van der Waals surface area contributed by atoms with Crippen LogP contribution in [0.3, 0.4) is 0 Å². The Morgan fingerprint density at radius 3 is 2.60 bits per heavy atom. The summed E-state index contributed by atoms with van der Waals surface area (Å²) < 4.78 is 5.30. The fourth-order valence-corrected chi connectivity index (χ4v) is 3.35. The predicted octanol–water partition coefficient (Wildman–Crippen LogP) is 5.92. The molecular formula is C23H28O2. The molecule has 2 nitrogen and oxygen atoms in total. The van der Waals surface area contributed by atoms with Crippen molar-refractivity contribution < 1.29 is 9.53 Å². The standard InChI is InChI=1S/C23H28O2/c1-18-10-9-17-23(2,3)21(18)16-15-20(24)13-7-5-11-19-12-6-8-14-22(19)25-4/h5-8,11-16H,9-10,17H2,1-4H3/b11-5+,13-7+,16-15+. The van der Waals surface area contributed by atoms with Crippen molar-refractivity contribution in [3.8, 4) is 5.75 Å². The summed E-state index contributed by atoms with van der Waals surface area (Å²) >= 11 is 0. The molecule has 0 fully saturated rings. The Morgan fingerprint density at radius 2 is 1.88 bits per heavy atom. The Hall–Kier alpha value is -2.35. The van der Waals surface area contributed by atoms with E-state index in [1.807, 2.05) is 42.5 Å². The van der Waals surface area contributed by atoms with Gasteiger partial charge in [0, 0.05) is 5.56 Å². The van der Waals surface area contributed by atoms with Crippen molar-refractivity contribution in [2.24, 2.45) is 5.41 Å². The smallest absolute Gasteiger partial charge is 0.178 e. The zero-order valence-electron chi connectivity index (χ0n) is 15.7. The number of carbonyl (C=O) groups excluding carboxylic acids is 1. The van der Waals surface area contributed by atoms with Crippen LogP contribution in [0.25, 0.3) is 6.08 Å². The van der Waals surface area contributed by atoms with Crippen LogP contribution in [0.5, 0.6) is 5.75 Å². The number of benzene rings is 1. The van der Waals surface area contributed by atoms with E-state index in [4.69, 9.17) is 4.74 Å². The van der Waals surface area contributed by atoms with Crippen molar-refractivity contribution in [2.45, 2.75) is 40.0 Å². The Labute approximate surface area is 151 Å². The van der Waals surface area contributed by atoms with E-state index in [0.29, 0.717) is 0 Å². The van der Waals surface area contributed by atoms with Crippen LogP contribution in [0.2, 0.25) is 0 Å². The minimum absolute atomic E-state index is 0.00588. The number of rotatable bonds is 6. The van der Waals surface area contributed by atoms with Gasteiger partial charge in [0.2, 0.25) is 0 Å². The molecule has 0 saturated heterocycles. The Morgan fingerprint density at radius 1 is 1.12 bits per heavy atom. The first kappa shape index (κ1) is 19.0. The zero-order valence-corrected chi connectivity index (χ0v) is 15.7. The van der Waals surface area contributed by atoms with Gasteiger partial charge < -0.3 is 4.74 Å². The molecule has 0 aromatic heterocycles. The van der Waals surface area contributed by atoms with Gasteiger partial charge in [-0.2, -0.15) is 0 Å². The minimum Gasteiger partial charge on any atom is -0.496 e. The Kier molecular flexibility index (Phi) is 6.58. The summed E-state index contributed by atoms with van der Waals surface area (Å²) in [6, 6.07) is 7.79. The molecule has 0 heterocycles. The number of ketones is 1. The first-order valence-corrected chi connectivity index (χ1v) is 8.84. The van der Waals surface area contributed by atoms with Gasteiger partial charge >= 0.3 is 0 Å². The number of hydrogen-bond acceptors (Lipinski definition) is 2. The first-order valence-electron chi connectivity index (χ1n) is 8.84. The summed E-state index contributed by atoms with van der Waals surface area (Å²) in [5.41, 5.74) is 3.86. The van der Waals surface area contributed by atoms with Gasteiger partial charge in [-0.1, -0.05) is 61.9 Å². The Balaban J connectivity index is 2.00. The lowest BCUT2D eigenvalue weighted by Gasteiger charge is -2.32. The highest BCUT2D eigenvalue weighted by molar-refractivity contribution is 5.99. The summed E-state index contributed by atoms with van der Waals surface area (Å²) in [4.78, 5) is 12.1. The maximum absolute atomic E-state index is 12.1. The fourth-order valence-electron chi connectivity index (χ4n) is 3.35. The molecular weight excluding hydrogens is 308 g/mol. The van der Waals surface area contributed by atoms with Gasteiger partial charge in [0.15, 0.2) is 5.78 Å². The maximum Gasteiger partial charge on any atom is 0.178 e. The summed E-state index contributed by atoms with van der Waals surface area (Å²) in [6.07, 6.45) is 14.4. The molecule has 1 aliphatic rings. The summed E-state index contributed by atoms with van der Waals surface area (Å²) in [7, 11) is 1.65. The molecule has 0 bridgehead atoms. The summed E-state index contributed by atoms with van der Waals surface area (Å²) in [6.45, 7) is 6.69. The number of carbonyl (C=O) groups is 1. The van der Waals surface area contributed by atoms with Crippen molar-refractivity contribution in [1.29, 1.82) is 0 Å². The van der Waals surface area contributed by atoms with Crippen LogP contribution in [0.1, 0.15) is 45.6 Å². The summed E-state index contributed by atoms with van der Waals surface area (Å²) in [5, 5.41) is 0. The molecule has 1 aromatic rings. The topological polar surface area (TPSA) is 26.3 Å². The van der Waals surface area contributed by atoms with E-state index < -0.39 is 0 Å². The van der Waals surface area contributed by atoms with E-state index in [2.05, 4.69) is 20.8 Å². The quantitative estimate of drug-likeness (QED) is 0.476. The van der Waals surface area contributed by atoms with Crippen LogP contribution in [0.15, 0.2) is 65.8 Å². The third-order valence-corrected chi connectivity index (χ3v) is 4.74. The number of allylic oxidation sites excluding steroid dienone is 7. The maximum atomic E-state index is 12.1. The average Bonchev–Trinajstić information content (AvgIpc) is 2.58. The second-order valence-electron chi connectivity index (χ2n) is 7.13. The molecule has 0 radical (unpaired) electrons. The number of ether oxygens (including phenoxy) is 1. The molecule has 1 aromatic carbocycles. The lowest BCUT2D eigenvalue weighted by molar-refractivity contribution is -0.110. The molecule has 1 aliphatic carbocycles. The molecule has 25 heavy (non-hydrogen) atoms. The molecule has 0 amide bonds. The van der Waals surface area contributed by atoms with Gasteiger partial charge in [0.25, 0.3) is 0 Å². The van der Waals surface area contributed by atoms with E-state index in [1.165, 1.54) is 24.0 Å². The van der Waals surface area contributed by atoms with E-state index in [9.17, 15) is 4.79 Å². The normalized spacial score (nSPS) is 17.8.